The van der Waals surface area contributed by atoms with Crippen molar-refractivity contribution in [2.75, 3.05) is 43.1 Å². The average molecular weight is 542 g/mol. The first-order valence-corrected chi connectivity index (χ1v) is 14.0. The minimum absolute atomic E-state index is 0.0156. The first-order valence-electron chi connectivity index (χ1n) is 12.6. The molecule has 2 atom stereocenters. The Morgan fingerprint density at radius 2 is 2.05 bits per heavy atom. The van der Waals surface area contributed by atoms with Crippen LogP contribution in [0.15, 0.2) is 49.1 Å². The van der Waals surface area contributed by atoms with Crippen molar-refractivity contribution in [1.82, 2.24) is 19.7 Å². The van der Waals surface area contributed by atoms with Gasteiger partial charge >= 0.3 is 10.3 Å². The lowest BCUT2D eigenvalue weighted by Gasteiger charge is -2.29. The molecule has 0 radical (unpaired) electrons. The number of ketones is 1. The third-order valence-corrected chi connectivity index (χ3v) is 7.28. The SMILES string of the molecule is NS(=O)(=O)OCC1CCC(Nc2ncncc2C(=O)c2ccn(Cc3cccc(N4CCOCC4)c3)n2)C1. The van der Waals surface area contributed by atoms with Crippen LogP contribution in [0, 0.1) is 5.92 Å². The average Bonchev–Trinajstić information content (AvgIpc) is 3.57. The summed E-state index contributed by atoms with van der Waals surface area (Å²) in [6.07, 6.45) is 6.89. The second-order valence-corrected chi connectivity index (χ2v) is 10.8. The normalized spacial score (nSPS) is 20.0. The van der Waals surface area contributed by atoms with Gasteiger partial charge in [-0.3, -0.25) is 13.7 Å². The highest BCUT2D eigenvalue weighted by Gasteiger charge is 2.28. The summed E-state index contributed by atoms with van der Waals surface area (Å²) in [7, 11) is -3.96. The van der Waals surface area contributed by atoms with Gasteiger partial charge < -0.3 is 15.0 Å². The molecule has 3 heterocycles. The molecule has 1 saturated carbocycles. The first-order chi connectivity index (χ1) is 18.3. The van der Waals surface area contributed by atoms with E-state index < -0.39 is 10.3 Å². The van der Waals surface area contributed by atoms with Gasteiger partial charge in [-0.1, -0.05) is 12.1 Å². The zero-order valence-corrected chi connectivity index (χ0v) is 21.7. The zero-order chi connectivity index (χ0) is 26.5. The van der Waals surface area contributed by atoms with Gasteiger partial charge in [0.05, 0.1) is 31.9 Å². The van der Waals surface area contributed by atoms with Gasteiger partial charge in [-0.2, -0.15) is 13.5 Å². The largest absolute Gasteiger partial charge is 0.378 e. The Hall–Kier alpha value is -3.39. The summed E-state index contributed by atoms with van der Waals surface area (Å²) >= 11 is 0. The minimum Gasteiger partial charge on any atom is -0.378 e. The molecule has 202 valence electrons. The summed E-state index contributed by atoms with van der Waals surface area (Å²) in [5.41, 5.74) is 2.87. The number of carbonyl (C=O) groups excluding carboxylic acids is 1. The number of carbonyl (C=O) groups is 1. The van der Waals surface area contributed by atoms with Gasteiger partial charge in [-0.05, 0) is 48.9 Å². The Morgan fingerprint density at radius 3 is 2.87 bits per heavy atom. The van der Waals surface area contributed by atoms with Gasteiger partial charge in [0.2, 0.25) is 5.78 Å². The molecule has 0 bridgehead atoms. The molecule has 1 aliphatic carbocycles. The summed E-state index contributed by atoms with van der Waals surface area (Å²) in [6.45, 7) is 3.76. The molecule has 13 heteroatoms. The zero-order valence-electron chi connectivity index (χ0n) is 20.9. The molecular weight excluding hydrogens is 510 g/mol. The summed E-state index contributed by atoms with van der Waals surface area (Å²) in [4.78, 5) is 24.0. The van der Waals surface area contributed by atoms with Crippen LogP contribution in [-0.4, -0.2) is 72.9 Å². The van der Waals surface area contributed by atoms with Crippen LogP contribution in [0.5, 0.6) is 0 Å². The molecule has 2 aromatic heterocycles. The highest BCUT2D eigenvalue weighted by Crippen LogP contribution is 2.29. The lowest BCUT2D eigenvalue weighted by atomic mass is 10.1. The predicted molar refractivity (Wildman–Crippen MR) is 140 cm³/mol. The molecule has 38 heavy (non-hydrogen) atoms. The van der Waals surface area contributed by atoms with Crippen LogP contribution in [0.2, 0.25) is 0 Å². The van der Waals surface area contributed by atoms with Crippen molar-refractivity contribution < 1.29 is 22.1 Å². The van der Waals surface area contributed by atoms with Crippen molar-refractivity contribution in [3.8, 4) is 0 Å². The van der Waals surface area contributed by atoms with E-state index in [0.717, 1.165) is 50.4 Å². The molecule has 0 spiro atoms. The van der Waals surface area contributed by atoms with Crippen molar-refractivity contribution in [1.29, 1.82) is 0 Å². The summed E-state index contributed by atoms with van der Waals surface area (Å²) in [6, 6.07) is 10.0. The monoisotopic (exact) mass is 541 g/mol. The quantitative estimate of drug-likeness (QED) is 0.362. The van der Waals surface area contributed by atoms with E-state index in [-0.39, 0.29) is 24.3 Å². The molecule has 1 aliphatic heterocycles. The van der Waals surface area contributed by atoms with E-state index in [4.69, 9.17) is 14.1 Å². The lowest BCUT2D eigenvalue weighted by Crippen LogP contribution is -2.36. The van der Waals surface area contributed by atoms with E-state index in [1.54, 1.807) is 16.9 Å². The van der Waals surface area contributed by atoms with E-state index in [1.165, 1.54) is 12.5 Å². The number of aromatic nitrogens is 4. The van der Waals surface area contributed by atoms with E-state index in [1.807, 2.05) is 12.1 Å². The Labute approximate surface area is 221 Å². The number of hydrogen-bond donors (Lipinski definition) is 2. The van der Waals surface area contributed by atoms with Crippen LogP contribution >= 0.6 is 0 Å². The molecule has 2 fully saturated rings. The fraction of sp³-hybridized carbons (Fsp3) is 0.440. The van der Waals surface area contributed by atoms with Gasteiger partial charge in [0.1, 0.15) is 17.8 Å². The van der Waals surface area contributed by atoms with Crippen LogP contribution in [0.25, 0.3) is 0 Å². The summed E-state index contributed by atoms with van der Waals surface area (Å²) in [5, 5.41) is 12.8. The van der Waals surface area contributed by atoms with Crippen LogP contribution in [-0.2, 0) is 25.8 Å². The highest BCUT2D eigenvalue weighted by atomic mass is 32.2. The maximum Gasteiger partial charge on any atom is 0.333 e. The summed E-state index contributed by atoms with van der Waals surface area (Å²) in [5.74, 6) is 0.195. The first kappa shape index (κ1) is 26.2. The minimum atomic E-state index is -3.96. The smallest absolute Gasteiger partial charge is 0.333 e. The molecule has 0 amide bonds. The van der Waals surface area contributed by atoms with Crippen LogP contribution in [0.1, 0.15) is 40.9 Å². The fourth-order valence-corrected chi connectivity index (χ4v) is 5.30. The topological polar surface area (TPSA) is 155 Å². The van der Waals surface area contributed by atoms with Gasteiger partial charge in [0.25, 0.3) is 0 Å². The number of rotatable bonds is 10. The number of anilines is 2. The van der Waals surface area contributed by atoms with Crippen molar-refractivity contribution in [2.24, 2.45) is 11.1 Å². The maximum absolute atomic E-state index is 13.3. The van der Waals surface area contributed by atoms with E-state index in [9.17, 15) is 13.2 Å². The van der Waals surface area contributed by atoms with Crippen molar-refractivity contribution in [2.45, 2.75) is 31.8 Å². The van der Waals surface area contributed by atoms with Crippen LogP contribution in [0.4, 0.5) is 11.5 Å². The van der Waals surface area contributed by atoms with Gasteiger partial charge in [0.15, 0.2) is 0 Å². The van der Waals surface area contributed by atoms with Crippen LogP contribution in [0.3, 0.4) is 0 Å². The maximum atomic E-state index is 13.3. The second-order valence-electron chi connectivity index (χ2n) is 9.58. The number of benzene rings is 1. The van der Waals surface area contributed by atoms with E-state index >= 15 is 0 Å². The predicted octanol–water partition coefficient (Wildman–Crippen LogP) is 1.59. The number of ether oxygens (including phenoxy) is 1. The molecule has 12 nitrogen and oxygen atoms in total. The highest BCUT2D eigenvalue weighted by molar-refractivity contribution is 7.84. The van der Waals surface area contributed by atoms with Gasteiger partial charge in [0, 0.05) is 37.2 Å². The third kappa shape index (κ3) is 6.72. The molecule has 2 aliphatic rings. The molecular formula is C25H31N7O5S. The Kier molecular flexibility index (Phi) is 7.98. The number of nitrogens with two attached hydrogens (primary N) is 1. The number of morpholine rings is 1. The van der Waals surface area contributed by atoms with Gasteiger partial charge in [-0.25, -0.2) is 15.1 Å². The number of nitrogens with one attached hydrogen (secondary N) is 1. The second kappa shape index (κ2) is 11.6. The van der Waals surface area contributed by atoms with Crippen LogP contribution < -0.4 is 15.4 Å². The Balaban J connectivity index is 1.23. The van der Waals surface area contributed by atoms with E-state index in [0.29, 0.717) is 30.0 Å². The van der Waals surface area contributed by atoms with Gasteiger partial charge in [-0.15, -0.1) is 0 Å². The number of nitrogens with zero attached hydrogens (tertiary/aromatic N) is 5. The lowest BCUT2D eigenvalue weighted by molar-refractivity contribution is 0.103. The van der Waals surface area contributed by atoms with Crippen molar-refractivity contribution >= 4 is 27.6 Å². The summed E-state index contributed by atoms with van der Waals surface area (Å²) < 4.78 is 34.1. The van der Waals surface area contributed by atoms with Crippen molar-refractivity contribution in [3.05, 3.63) is 65.9 Å². The molecule has 1 aromatic carbocycles. The molecule has 1 saturated heterocycles. The fourth-order valence-electron chi connectivity index (χ4n) is 4.92. The standard InChI is InChI=1S/C25H31N7O5S/c26-38(34,35)37-16-19-4-5-20(12-19)29-25-22(14-27-17-28-25)24(33)23-6-7-32(30-23)15-18-2-1-3-21(13-18)31-8-10-36-11-9-31/h1-3,6-7,13-14,17,19-20H,4-5,8-12,15-16H2,(H2,26,34,35)(H,27,28,29). The Morgan fingerprint density at radius 1 is 1.21 bits per heavy atom. The van der Waals surface area contributed by atoms with E-state index in [2.05, 4.69) is 37.4 Å². The molecule has 5 rings (SSSR count). The molecule has 3 aromatic rings. The molecule has 3 N–H and O–H groups in total. The Bertz CT molecular complexity index is 1370. The number of hydrogen-bond acceptors (Lipinski definition) is 10. The third-order valence-electron chi connectivity index (χ3n) is 6.81. The molecule has 2 unspecified atom stereocenters. The van der Waals surface area contributed by atoms with Crippen molar-refractivity contribution in [3.63, 3.8) is 0 Å².